The first-order valence-electron chi connectivity index (χ1n) is 9.64. The lowest BCUT2D eigenvalue weighted by Crippen LogP contribution is -2.48. The van der Waals surface area contributed by atoms with Crippen molar-refractivity contribution < 1.29 is 13.2 Å². The summed E-state index contributed by atoms with van der Waals surface area (Å²) in [5, 5.41) is 4.88. The fourth-order valence-corrected chi connectivity index (χ4v) is 5.42. The van der Waals surface area contributed by atoms with Gasteiger partial charge in [0.25, 0.3) is 0 Å². The summed E-state index contributed by atoms with van der Waals surface area (Å²) in [4.78, 5) is 15.9. The predicted molar refractivity (Wildman–Crippen MR) is 113 cm³/mol. The molecule has 0 bridgehead atoms. The minimum atomic E-state index is -3.48. The fraction of sp³-hybridized carbons (Fsp3) is 0.450. The molecule has 3 rings (SSSR count). The summed E-state index contributed by atoms with van der Waals surface area (Å²) in [7, 11) is -3.48. The lowest BCUT2D eigenvalue weighted by Gasteiger charge is -2.33. The average Bonchev–Trinajstić information content (AvgIpc) is 3.22. The van der Waals surface area contributed by atoms with Crippen molar-refractivity contribution in [2.45, 2.75) is 31.1 Å². The number of anilines is 1. The molecule has 0 aliphatic carbocycles. The van der Waals surface area contributed by atoms with Crippen molar-refractivity contribution >= 4 is 33.0 Å². The van der Waals surface area contributed by atoms with Crippen LogP contribution >= 0.6 is 11.3 Å². The zero-order chi connectivity index (χ0) is 20.0. The number of nitrogens with one attached hydrogen (secondary N) is 1. The molecule has 1 saturated heterocycles. The summed E-state index contributed by atoms with van der Waals surface area (Å²) in [6, 6.07) is 10.5. The molecule has 0 saturated carbocycles. The fourth-order valence-electron chi connectivity index (χ4n) is 3.25. The van der Waals surface area contributed by atoms with Crippen LogP contribution in [0.25, 0.3) is 0 Å². The van der Waals surface area contributed by atoms with Crippen molar-refractivity contribution in [2.75, 3.05) is 38.0 Å². The van der Waals surface area contributed by atoms with Crippen LogP contribution in [0.4, 0.5) is 5.69 Å². The number of carbonyl (C=O) groups is 1. The molecule has 6 nitrogen and oxygen atoms in total. The number of sulfonamides is 1. The van der Waals surface area contributed by atoms with Gasteiger partial charge in [-0.1, -0.05) is 13.0 Å². The molecule has 1 amide bonds. The molecule has 1 aliphatic rings. The molecule has 1 aromatic carbocycles. The average molecular weight is 422 g/mol. The van der Waals surface area contributed by atoms with Gasteiger partial charge in [0.05, 0.1) is 4.90 Å². The van der Waals surface area contributed by atoms with Crippen molar-refractivity contribution in [3.05, 3.63) is 46.7 Å². The van der Waals surface area contributed by atoms with Gasteiger partial charge in [-0.15, -0.1) is 11.3 Å². The van der Waals surface area contributed by atoms with Gasteiger partial charge in [-0.2, -0.15) is 4.31 Å². The van der Waals surface area contributed by atoms with E-state index in [1.54, 1.807) is 35.6 Å². The van der Waals surface area contributed by atoms with Gasteiger partial charge in [0.2, 0.25) is 15.9 Å². The number of hydrogen-bond donors (Lipinski definition) is 1. The highest BCUT2D eigenvalue weighted by molar-refractivity contribution is 7.89. The molecular weight excluding hydrogens is 394 g/mol. The second kappa shape index (κ2) is 9.65. The van der Waals surface area contributed by atoms with Crippen molar-refractivity contribution in [2.24, 2.45) is 0 Å². The van der Waals surface area contributed by atoms with Crippen LogP contribution in [0, 0.1) is 0 Å². The van der Waals surface area contributed by atoms with Crippen molar-refractivity contribution in [1.82, 2.24) is 9.21 Å². The number of aryl methyl sites for hydroxylation is 1. The molecule has 2 heterocycles. The Balaban J connectivity index is 1.51. The number of nitrogens with zero attached hydrogens (tertiary/aromatic N) is 2. The Morgan fingerprint density at radius 3 is 2.43 bits per heavy atom. The number of thiophene rings is 1. The Hall–Kier alpha value is -1.74. The molecule has 152 valence electrons. The van der Waals surface area contributed by atoms with Gasteiger partial charge in [0, 0.05) is 43.2 Å². The first-order valence-corrected chi connectivity index (χ1v) is 12.0. The van der Waals surface area contributed by atoms with Crippen molar-refractivity contribution in [3.8, 4) is 0 Å². The summed E-state index contributed by atoms with van der Waals surface area (Å²) in [6.45, 7) is 5.57. The molecule has 8 heteroatoms. The summed E-state index contributed by atoms with van der Waals surface area (Å²) in [6.07, 6.45) is 2.13. The maximum Gasteiger partial charge on any atom is 0.243 e. The van der Waals surface area contributed by atoms with E-state index in [2.05, 4.69) is 23.2 Å². The van der Waals surface area contributed by atoms with E-state index >= 15 is 0 Å². The highest BCUT2D eigenvalue weighted by atomic mass is 32.2. The van der Waals surface area contributed by atoms with E-state index in [9.17, 15) is 13.2 Å². The van der Waals surface area contributed by atoms with Crippen LogP contribution in [0.3, 0.4) is 0 Å². The van der Waals surface area contributed by atoms with E-state index in [-0.39, 0.29) is 10.8 Å². The third-order valence-electron chi connectivity index (χ3n) is 4.96. The van der Waals surface area contributed by atoms with Gasteiger partial charge < -0.3 is 10.2 Å². The normalized spacial score (nSPS) is 16.2. The van der Waals surface area contributed by atoms with Gasteiger partial charge in [-0.3, -0.25) is 4.79 Å². The SMILES string of the molecule is CCN1CCN(S(=O)(=O)c2ccc(NC(=O)CCCc3cccs3)cc2)CC1. The molecule has 1 aromatic heterocycles. The van der Waals surface area contributed by atoms with Crippen LogP contribution < -0.4 is 5.32 Å². The first kappa shape index (κ1) is 21.0. The molecule has 1 aliphatic heterocycles. The minimum absolute atomic E-state index is 0.0529. The highest BCUT2D eigenvalue weighted by Gasteiger charge is 2.27. The number of hydrogen-bond acceptors (Lipinski definition) is 5. The topological polar surface area (TPSA) is 69.7 Å². The summed E-state index contributed by atoms with van der Waals surface area (Å²) in [5.74, 6) is -0.0529. The van der Waals surface area contributed by atoms with Crippen molar-refractivity contribution in [1.29, 1.82) is 0 Å². The minimum Gasteiger partial charge on any atom is -0.326 e. The Kier molecular flexibility index (Phi) is 7.23. The molecule has 0 atom stereocenters. The Morgan fingerprint density at radius 2 is 1.82 bits per heavy atom. The zero-order valence-electron chi connectivity index (χ0n) is 16.1. The highest BCUT2D eigenvalue weighted by Crippen LogP contribution is 2.20. The van der Waals surface area contributed by atoms with E-state index in [1.807, 2.05) is 11.4 Å². The van der Waals surface area contributed by atoms with Gasteiger partial charge >= 0.3 is 0 Å². The molecule has 28 heavy (non-hydrogen) atoms. The smallest absolute Gasteiger partial charge is 0.243 e. The summed E-state index contributed by atoms with van der Waals surface area (Å²) < 4.78 is 27.1. The quantitative estimate of drug-likeness (QED) is 0.711. The van der Waals surface area contributed by atoms with Crippen LogP contribution in [0.5, 0.6) is 0 Å². The number of rotatable bonds is 8. The van der Waals surface area contributed by atoms with E-state index in [0.29, 0.717) is 25.2 Å². The molecule has 0 unspecified atom stereocenters. The molecule has 1 fully saturated rings. The maximum atomic E-state index is 12.8. The van der Waals surface area contributed by atoms with Crippen LogP contribution in [-0.4, -0.2) is 56.3 Å². The third-order valence-corrected chi connectivity index (χ3v) is 7.81. The second-order valence-corrected chi connectivity index (χ2v) is 9.81. The Morgan fingerprint density at radius 1 is 1.11 bits per heavy atom. The van der Waals surface area contributed by atoms with Gasteiger partial charge in [-0.05, 0) is 55.1 Å². The van der Waals surface area contributed by atoms with Gasteiger partial charge in [0.15, 0.2) is 0 Å². The molecule has 1 N–H and O–H groups in total. The van der Waals surface area contributed by atoms with Crippen LogP contribution in [-0.2, 0) is 21.2 Å². The first-order chi connectivity index (χ1) is 13.5. The number of amides is 1. The van der Waals surface area contributed by atoms with E-state index in [1.165, 1.54) is 9.18 Å². The maximum absolute atomic E-state index is 12.8. The van der Waals surface area contributed by atoms with E-state index in [4.69, 9.17) is 0 Å². The second-order valence-electron chi connectivity index (χ2n) is 6.84. The van der Waals surface area contributed by atoms with Gasteiger partial charge in [-0.25, -0.2) is 8.42 Å². The predicted octanol–water partition coefficient (Wildman–Crippen LogP) is 3.04. The standard InChI is InChI=1S/C20H27N3O3S2/c1-2-22-12-14-23(15-13-22)28(25,26)19-10-8-17(9-11-19)21-20(24)7-3-5-18-6-4-16-27-18/h4,6,8-11,16H,2-3,5,7,12-15H2,1H3,(H,21,24). The number of piperazine rings is 1. The molecule has 2 aromatic rings. The largest absolute Gasteiger partial charge is 0.326 e. The Labute approximate surface area is 171 Å². The van der Waals surface area contributed by atoms with E-state index in [0.717, 1.165) is 32.5 Å². The molecular formula is C20H27N3O3S2. The number of benzene rings is 1. The van der Waals surface area contributed by atoms with Crippen LogP contribution in [0.15, 0.2) is 46.7 Å². The van der Waals surface area contributed by atoms with Crippen molar-refractivity contribution in [3.63, 3.8) is 0 Å². The monoisotopic (exact) mass is 421 g/mol. The van der Waals surface area contributed by atoms with Crippen LogP contribution in [0.2, 0.25) is 0 Å². The zero-order valence-corrected chi connectivity index (χ0v) is 17.8. The summed E-state index contributed by atoms with van der Waals surface area (Å²) in [5.41, 5.74) is 0.621. The number of carbonyl (C=O) groups excluding carboxylic acids is 1. The van der Waals surface area contributed by atoms with E-state index < -0.39 is 10.0 Å². The van der Waals surface area contributed by atoms with Crippen LogP contribution in [0.1, 0.15) is 24.6 Å². The third kappa shape index (κ3) is 5.41. The lowest BCUT2D eigenvalue weighted by molar-refractivity contribution is -0.116. The summed E-state index contributed by atoms with van der Waals surface area (Å²) >= 11 is 1.70. The number of likely N-dealkylation sites (N-methyl/N-ethyl adjacent to an activating group) is 1. The molecule has 0 radical (unpaired) electrons. The Bertz CT molecular complexity index is 857. The van der Waals surface area contributed by atoms with Gasteiger partial charge in [0.1, 0.15) is 0 Å². The lowest BCUT2D eigenvalue weighted by atomic mass is 10.2. The molecule has 0 spiro atoms.